The number of benzene rings is 1. The third-order valence-electron chi connectivity index (χ3n) is 3.07. The van der Waals surface area contributed by atoms with Gasteiger partial charge in [0.25, 0.3) is 11.8 Å². The standard InChI is InChI=1S/C14H17ClNO4PS2/c1-3-19-21(22,20-4-2)23-12(9-15)16-13(17)10-7-5-6-8-11(10)14(16)18/h5-8,12H,3-4,9H2,1-2H3/t12-/m0/s1. The topological polar surface area (TPSA) is 55.8 Å². The Balaban J connectivity index is 2.27. The highest BCUT2D eigenvalue weighted by atomic mass is 35.5. The fraction of sp³-hybridized carbons (Fsp3) is 0.429. The van der Waals surface area contributed by atoms with Crippen LogP contribution in [0.15, 0.2) is 24.3 Å². The number of imide groups is 1. The molecule has 0 aliphatic carbocycles. The number of hydrogen-bond acceptors (Lipinski definition) is 6. The Kier molecular flexibility index (Phi) is 6.66. The van der Waals surface area contributed by atoms with E-state index in [1.54, 1.807) is 24.3 Å². The van der Waals surface area contributed by atoms with E-state index in [0.717, 1.165) is 16.3 Å². The van der Waals surface area contributed by atoms with Gasteiger partial charge in [0.05, 0.1) is 30.2 Å². The normalized spacial score (nSPS) is 15.9. The summed E-state index contributed by atoms with van der Waals surface area (Å²) < 4.78 is 11.1. The zero-order valence-corrected chi connectivity index (χ0v) is 16.0. The molecule has 0 fully saturated rings. The molecule has 23 heavy (non-hydrogen) atoms. The molecule has 2 rings (SSSR count). The molecule has 0 saturated heterocycles. The summed E-state index contributed by atoms with van der Waals surface area (Å²) >= 11 is 12.6. The number of carbonyl (C=O) groups excluding carboxylic acids is 2. The van der Waals surface area contributed by atoms with Gasteiger partial charge in [-0.05, 0) is 49.2 Å². The number of nitrogens with zero attached hydrogens (tertiary/aromatic N) is 1. The van der Waals surface area contributed by atoms with E-state index < -0.39 is 11.1 Å². The predicted octanol–water partition coefficient (Wildman–Crippen LogP) is 3.88. The van der Waals surface area contributed by atoms with Crippen LogP contribution >= 0.6 is 28.7 Å². The van der Waals surface area contributed by atoms with Gasteiger partial charge in [-0.3, -0.25) is 14.5 Å². The minimum absolute atomic E-state index is 0.0503. The molecule has 5 nitrogen and oxygen atoms in total. The Morgan fingerprint density at radius 2 is 1.65 bits per heavy atom. The van der Waals surface area contributed by atoms with Crippen LogP contribution in [-0.2, 0) is 20.9 Å². The molecule has 1 aliphatic rings. The molecule has 0 bridgehead atoms. The third kappa shape index (κ3) is 3.98. The highest BCUT2D eigenvalue weighted by Crippen LogP contribution is 2.63. The van der Waals surface area contributed by atoms with Crippen molar-refractivity contribution in [3.05, 3.63) is 35.4 Å². The Labute approximate surface area is 149 Å². The van der Waals surface area contributed by atoms with Crippen LogP contribution in [0.2, 0.25) is 0 Å². The zero-order valence-electron chi connectivity index (χ0n) is 12.7. The number of fused-ring (bicyclic) bond motifs is 1. The number of carbonyl (C=O) groups is 2. The fourth-order valence-corrected chi connectivity index (χ4v) is 8.16. The van der Waals surface area contributed by atoms with Crippen LogP contribution in [-0.4, -0.2) is 41.2 Å². The van der Waals surface area contributed by atoms with Crippen molar-refractivity contribution >= 4 is 52.3 Å². The summed E-state index contributed by atoms with van der Waals surface area (Å²) in [5.41, 5.74) is -1.91. The molecular formula is C14H17ClNO4PS2. The van der Waals surface area contributed by atoms with E-state index in [1.807, 2.05) is 13.8 Å². The Bertz CT molecular complexity index is 612. The smallest absolute Gasteiger partial charge is 0.262 e. The lowest BCUT2D eigenvalue weighted by molar-refractivity contribution is 0.0648. The summed E-state index contributed by atoms with van der Waals surface area (Å²) in [7, 11) is 0. The maximum absolute atomic E-state index is 12.5. The molecule has 1 aliphatic heterocycles. The van der Waals surface area contributed by atoms with E-state index in [4.69, 9.17) is 32.5 Å². The monoisotopic (exact) mass is 393 g/mol. The lowest BCUT2D eigenvalue weighted by Gasteiger charge is -2.29. The predicted molar refractivity (Wildman–Crippen MR) is 96.6 cm³/mol. The second kappa shape index (κ2) is 8.10. The minimum atomic E-state index is -2.67. The Morgan fingerprint density at radius 3 is 2.04 bits per heavy atom. The molecular weight excluding hydrogens is 377 g/mol. The first-order valence-corrected chi connectivity index (χ1v) is 11.7. The molecule has 1 aromatic rings. The van der Waals surface area contributed by atoms with E-state index in [9.17, 15) is 9.59 Å². The summed E-state index contributed by atoms with van der Waals surface area (Å²) in [6, 6.07) is 6.71. The Morgan fingerprint density at radius 1 is 1.17 bits per heavy atom. The van der Waals surface area contributed by atoms with Crippen molar-refractivity contribution in [2.75, 3.05) is 19.1 Å². The molecule has 0 saturated carbocycles. The maximum atomic E-state index is 12.5. The van der Waals surface area contributed by atoms with Crippen molar-refractivity contribution in [1.82, 2.24) is 4.90 Å². The highest BCUT2D eigenvalue weighted by Gasteiger charge is 2.42. The van der Waals surface area contributed by atoms with Crippen molar-refractivity contribution in [2.24, 2.45) is 0 Å². The van der Waals surface area contributed by atoms with Gasteiger partial charge in [-0.1, -0.05) is 12.1 Å². The van der Waals surface area contributed by atoms with Gasteiger partial charge >= 0.3 is 0 Å². The van der Waals surface area contributed by atoms with E-state index in [0.29, 0.717) is 24.3 Å². The van der Waals surface area contributed by atoms with Crippen molar-refractivity contribution < 1.29 is 18.6 Å². The summed E-state index contributed by atoms with van der Waals surface area (Å²) in [5, 5.41) is -0.631. The largest absolute Gasteiger partial charge is 0.322 e. The number of amides is 2. The molecule has 0 aromatic heterocycles. The molecule has 0 unspecified atom stereocenters. The second-order valence-electron chi connectivity index (χ2n) is 4.52. The first kappa shape index (κ1) is 18.9. The molecule has 2 amide bonds. The van der Waals surface area contributed by atoms with Crippen LogP contribution in [0.1, 0.15) is 34.6 Å². The van der Waals surface area contributed by atoms with Crippen LogP contribution in [0.3, 0.4) is 0 Å². The van der Waals surface area contributed by atoms with Crippen molar-refractivity contribution in [3.8, 4) is 0 Å². The molecule has 1 heterocycles. The van der Waals surface area contributed by atoms with Crippen LogP contribution in [0.5, 0.6) is 0 Å². The summed E-state index contributed by atoms with van der Waals surface area (Å²) in [4.78, 5) is 26.2. The van der Waals surface area contributed by atoms with Crippen molar-refractivity contribution in [1.29, 1.82) is 0 Å². The first-order chi connectivity index (χ1) is 11.0. The van der Waals surface area contributed by atoms with Crippen LogP contribution < -0.4 is 0 Å². The van der Waals surface area contributed by atoms with Gasteiger partial charge in [0.1, 0.15) is 5.37 Å². The lowest BCUT2D eigenvalue weighted by Crippen LogP contribution is -2.39. The van der Waals surface area contributed by atoms with Gasteiger partial charge in [-0.2, -0.15) is 0 Å². The van der Waals surface area contributed by atoms with Gasteiger partial charge < -0.3 is 9.05 Å². The highest BCUT2D eigenvalue weighted by molar-refractivity contribution is 8.68. The van der Waals surface area contributed by atoms with Gasteiger partial charge in [0.15, 0.2) is 0 Å². The zero-order chi connectivity index (χ0) is 17.0. The summed E-state index contributed by atoms with van der Waals surface area (Å²) in [6.07, 6.45) is 0. The van der Waals surface area contributed by atoms with Crippen LogP contribution in [0, 0.1) is 0 Å². The number of halogens is 1. The third-order valence-corrected chi connectivity index (χ3v) is 9.12. The number of hydrogen-bond donors (Lipinski definition) is 0. The molecule has 1 aromatic carbocycles. The van der Waals surface area contributed by atoms with Gasteiger partial charge in [0.2, 0.25) is 5.69 Å². The van der Waals surface area contributed by atoms with Crippen LogP contribution in [0.4, 0.5) is 0 Å². The Hall–Kier alpha value is -0.430. The molecule has 9 heteroatoms. The van der Waals surface area contributed by atoms with E-state index in [2.05, 4.69) is 0 Å². The SMILES string of the molecule is CCOP(=S)(OCC)S[C@@H](CCl)N1C(=O)c2ccccc2C1=O. The lowest BCUT2D eigenvalue weighted by atomic mass is 10.1. The maximum Gasteiger partial charge on any atom is 0.262 e. The van der Waals surface area contributed by atoms with Gasteiger partial charge in [-0.15, -0.1) is 11.6 Å². The average Bonchev–Trinajstić information content (AvgIpc) is 2.78. The van der Waals surface area contributed by atoms with Gasteiger partial charge in [-0.25, -0.2) is 0 Å². The number of rotatable bonds is 8. The molecule has 0 radical (unpaired) electrons. The molecule has 126 valence electrons. The van der Waals surface area contributed by atoms with Crippen LogP contribution in [0.25, 0.3) is 0 Å². The fourth-order valence-electron chi connectivity index (χ4n) is 2.18. The first-order valence-electron chi connectivity index (χ1n) is 7.07. The molecule has 0 N–H and O–H groups in total. The van der Waals surface area contributed by atoms with E-state index >= 15 is 0 Å². The van der Waals surface area contributed by atoms with Crippen molar-refractivity contribution in [3.63, 3.8) is 0 Å². The summed E-state index contributed by atoms with van der Waals surface area (Å²) in [5.74, 6) is -0.675. The van der Waals surface area contributed by atoms with E-state index in [1.165, 1.54) is 0 Å². The second-order valence-corrected chi connectivity index (χ2v) is 11.2. The summed E-state index contributed by atoms with van der Waals surface area (Å²) in [6.45, 7) is 4.42. The average molecular weight is 394 g/mol. The molecule has 1 atom stereocenters. The number of alkyl halides is 1. The molecule has 0 spiro atoms. The minimum Gasteiger partial charge on any atom is -0.322 e. The quantitative estimate of drug-likeness (QED) is 0.379. The van der Waals surface area contributed by atoms with Gasteiger partial charge in [0, 0.05) is 0 Å². The van der Waals surface area contributed by atoms with Crippen molar-refractivity contribution in [2.45, 2.75) is 19.2 Å². The van der Waals surface area contributed by atoms with E-state index in [-0.39, 0.29) is 17.7 Å².